The van der Waals surface area contributed by atoms with Crippen molar-refractivity contribution in [1.82, 2.24) is 0 Å². The highest BCUT2D eigenvalue weighted by molar-refractivity contribution is 6.36. The van der Waals surface area contributed by atoms with Crippen LogP contribution in [0, 0.1) is 6.92 Å². The van der Waals surface area contributed by atoms with E-state index in [0.717, 1.165) is 12.0 Å². The Balaban J connectivity index is 2.05. The van der Waals surface area contributed by atoms with Gasteiger partial charge in [0.05, 0.1) is 0 Å². The summed E-state index contributed by atoms with van der Waals surface area (Å²) in [4.78, 5) is 0. The Hall–Kier alpha value is -1.02. The third-order valence-electron chi connectivity index (χ3n) is 3.15. The van der Waals surface area contributed by atoms with Crippen molar-refractivity contribution < 1.29 is 0 Å². The highest BCUT2D eigenvalue weighted by atomic mass is 35.5. The first-order valence-electron chi connectivity index (χ1n) is 6.30. The van der Waals surface area contributed by atoms with E-state index in [0.29, 0.717) is 16.5 Å². The number of benzene rings is 2. The third-order valence-corrected chi connectivity index (χ3v) is 3.85. The summed E-state index contributed by atoms with van der Waals surface area (Å²) in [7, 11) is 0. The van der Waals surface area contributed by atoms with E-state index in [9.17, 15) is 0 Å². The lowest BCUT2D eigenvalue weighted by atomic mass is 9.99. The number of hydrogen-bond acceptors (Lipinski definition) is 1. The van der Waals surface area contributed by atoms with Crippen LogP contribution < -0.4 is 5.73 Å². The second-order valence-corrected chi connectivity index (χ2v) is 5.67. The summed E-state index contributed by atoms with van der Waals surface area (Å²) in [5.74, 6) is 0. The average Bonchev–Trinajstić information content (AvgIpc) is 2.37. The van der Waals surface area contributed by atoms with Crippen molar-refractivity contribution in [2.75, 3.05) is 0 Å². The van der Waals surface area contributed by atoms with E-state index in [1.54, 1.807) is 0 Å². The molecule has 0 saturated carbocycles. The number of hydrogen-bond donors (Lipinski definition) is 1. The molecule has 0 saturated heterocycles. The molecule has 2 aromatic carbocycles. The fraction of sp³-hybridized carbons (Fsp3) is 0.250. The molecule has 2 rings (SSSR count). The SMILES string of the molecule is Cc1ccc(CC(N)Cc2c(Cl)cccc2Cl)cc1. The summed E-state index contributed by atoms with van der Waals surface area (Å²) in [5, 5.41) is 1.37. The van der Waals surface area contributed by atoms with Crippen molar-refractivity contribution >= 4 is 23.2 Å². The first-order chi connectivity index (χ1) is 9.06. The highest BCUT2D eigenvalue weighted by Gasteiger charge is 2.11. The Kier molecular flexibility index (Phi) is 4.87. The molecule has 1 nitrogen and oxygen atoms in total. The van der Waals surface area contributed by atoms with E-state index < -0.39 is 0 Å². The maximum atomic E-state index is 6.20. The minimum atomic E-state index is 0.0140. The van der Waals surface area contributed by atoms with Gasteiger partial charge in [-0.2, -0.15) is 0 Å². The second kappa shape index (κ2) is 6.42. The van der Waals surface area contributed by atoms with Gasteiger partial charge in [-0.3, -0.25) is 0 Å². The topological polar surface area (TPSA) is 26.0 Å². The predicted octanol–water partition coefficient (Wildman–Crippen LogP) is 4.41. The average molecular weight is 294 g/mol. The number of aryl methyl sites for hydroxylation is 1. The first kappa shape index (κ1) is 14.4. The molecule has 1 unspecified atom stereocenters. The third kappa shape index (κ3) is 3.97. The van der Waals surface area contributed by atoms with Crippen LogP contribution in [-0.4, -0.2) is 6.04 Å². The van der Waals surface area contributed by atoms with Crippen LogP contribution in [0.1, 0.15) is 16.7 Å². The first-order valence-corrected chi connectivity index (χ1v) is 7.06. The Morgan fingerprint density at radius 1 is 0.947 bits per heavy atom. The van der Waals surface area contributed by atoms with Gasteiger partial charge in [0.1, 0.15) is 0 Å². The molecule has 1 atom stereocenters. The van der Waals surface area contributed by atoms with Gasteiger partial charge in [-0.15, -0.1) is 0 Å². The molecule has 0 fully saturated rings. The van der Waals surface area contributed by atoms with Crippen LogP contribution in [0.2, 0.25) is 10.0 Å². The summed E-state index contributed by atoms with van der Waals surface area (Å²) in [6.45, 7) is 2.08. The van der Waals surface area contributed by atoms with Crippen molar-refractivity contribution in [3.63, 3.8) is 0 Å². The monoisotopic (exact) mass is 293 g/mol. The fourth-order valence-electron chi connectivity index (χ4n) is 2.09. The second-order valence-electron chi connectivity index (χ2n) is 4.85. The van der Waals surface area contributed by atoms with Crippen LogP contribution in [0.3, 0.4) is 0 Å². The summed E-state index contributed by atoms with van der Waals surface area (Å²) in [5.41, 5.74) is 9.63. The molecule has 0 aliphatic heterocycles. The predicted molar refractivity (Wildman–Crippen MR) is 83.0 cm³/mol. The Labute approximate surface area is 124 Å². The molecule has 0 radical (unpaired) electrons. The molecule has 2 N–H and O–H groups in total. The van der Waals surface area contributed by atoms with E-state index in [2.05, 4.69) is 31.2 Å². The van der Waals surface area contributed by atoms with Crippen molar-refractivity contribution in [1.29, 1.82) is 0 Å². The van der Waals surface area contributed by atoms with Crippen LogP contribution in [0.15, 0.2) is 42.5 Å². The van der Waals surface area contributed by atoms with Gasteiger partial charge >= 0.3 is 0 Å². The Morgan fingerprint density at radius 2 is 1.53 bits per heavy atom. The van der Waals surface area contributed by atoms with Gasteiger partial charge in [-0.25, -0.2) is 0 Å². The molecular formula is C16H17Cl2N. The molecule has 0 heterocycles. The highest BCUT2D eigenvalue weighted by Crippen LogP contribution is 2.25. The van der Waals surface area contributed by atoms with Gasteiger partial charge < -0.3 is 5.73 Å². The number of rotatable bonds is 4. The normalized spacial score (nSPS) is 12.4. The summed E-state index contributed by atoms with van der Waals surface area (Å²) >= 11 is 12.3. The largest absolute Gasteiger partial charge is 0.327 e. The molecule has 0 aliphatic carbocycles. The molecular weight excluding hydrogens is 277 g/mol. The fourth-order valence-corrected chi connectivity index (χ4v) is 2.64. The van der Waals surface area contributed by atoms with Crippen molar-refractivity contribution in [2.45, 2.75) is 25.8 Å². The van der Waals surface area contributed by atoms with E-state index in [1.807, 2.05) is 18.2 Å². The zero-order valence-corrected chi connectivity index (χ0v) is 12.4. The van der Waals surface area contributed by atoms with Crippen LogP contribution in [0.4, 0.5) is 0 Å². The van der Waals surface area contributed by atoms with Gasteiger partial charge in [-0.05, 0) is 43.0 Å². The standard InChI is InChI=1S/C16H17Cl2N/c1-11-5-7-12(8-6-11)9-13(19)10-14-15(17)3-2-4-16(14)18/h2-8,13H,9-10,19H2,1H3. The van der Waals surface area contributed by atoms with E-state index in [1.165, 1.54) is 11.1 Å². The molecule has 100 valence electrons. The summed E-state index contributed by atoms with van der Waals surface area (Å²) in [6, 6.07) is 14.0. The molecule has 19 heavy (non-hydrogen) atoms. The van der Waals surface area contributed by atoms with Gasteiger partial charge in [0.15, 0.2) is 0 Å². The summed E-state index contributed by atoms with van der Waals surface area (Å²) in [6.07, 6.45) is 1.51. The quantitative estimate of drug-likeness (QED) is 0.887. The minimum Gasteiger partial charge on any atom is -0.327 e. The molecule has 0 bridgehead atoms. The molecule has 3 heteroatoms. The van der Waals surface area contributed by atoms with Crippen molar-refractivity contribution in [2.24, 2.45) is 5.73 Å². The van der Waals surface area contributed by atoms with E-state index >= 15 is 0 Å². The lowest BCUT2D eigenvalue weighted by Gasteiger charge is -2.14. The lowest BCUT2D eigenvalue weighted by Crippen LogP contribution is -2.25. The van der Waals surface area contributed by atoms with E-state index in [4.69, 9.17) is 28.9 Å². The van der Waals surface area contributed by atoms with Crippen LogP contribution >= 0.6 is 23.2 Å². The van der Waals surface area contributed by atoms with Gasteiger partial charge in [0.25, 0.3) is 0 Å². The zero-order valence-electron chi connectivity index (χ0n) is 10.9. The maximum Gasteiger partial charge on any atom is 0.0453 e. The van der Waals surface area contributed by atoms with Gasteiger partial charge in [-0.1, -0.05) is 59.1 Å². The van der Waals surface area contributed by atoms with Gasteiger partial charge in [0.2, 0.25) is 0 Å². The van der Waals surface area contributed by atoms with Crippen molar-refractivity contribution in [3.05, 3.63) is 69.2 Å². The lowest BCUT2D eigenvalue weighted by molar-refractivity contribution is 0.665. The minimum absolute atomic E-state index is 0.0140. The summed E-state index contributed by atoms with van der Waals surface area (Å²) < 4.78 is 0. The van der Waals surface area contributed by atoms with Crippen LogP contribution in [0.5, 0.6) is 0 Å². The molecule has 0 aliphatic rings. The van der Waals surface area contributed by atoms with Crippen LogP contribution in [-0.2, 0) is 12.8 Å². The molecule has 0 aromatic heterocycles. The molecule has 0 spiro atoms. The van der Waals surface area contributed by atoms with Gasteiger partial charge in [0, 0.05) is 16.1 Å². The number of nitrogens with two attached hydrogens (primary N) is 1. The molecule has 0 amide bonds. The smallest absolute Gasteiger partial charge is 0.0453 e. The van der Waals surface area contributed by atoms with E-state index in [-0.39, 0.29) is 6.04 Å². The Morgan fingerprint density at radius 3 is 2.11 bits per heavy atom. The Bertz CT molecular complexity index is 529. The molecule has 2 aromatic rings. The van der Waals surface area contributed by atoms with Crippen LogP contribution in [0.25, 0.3) is 0 Å². The zero-order chi connectivity index (χ0) is 13.8. The van der Waals surface area contributed by atoms with Crippen molar-refractivity contribution in [3.8, 4) is 0 Å². The maximum absolute atomic E-state index is 6.20. The number of halogens is 2.